The molecule has 5 nitrogen and oxygen atoms in total. The van der Waals surface area contributed by atoms with Crippen LogP contribution in [0.3, 0.4) is 0 Å². The van der Waals surface area contributed by atoms with Gasteiger partial charge in [-0.25, -0.2) is 0 Å². The maximum Gasteiger partial charge on any atom is 0.269 e. The molecule has 1 aliphatic rings. The molecule has 0 fully saturated rings. The van der Waals surface area contributed by atoms with Gasteiger partial charge in [0.25, 0.3) is 5.69 Å². The maximum absolute atomic E-state index is 12.4. The average molecular weight is 328 g/mol. The molecule has 0 unspecified atom stereocenters. The number of anilines is 1. The minimum Gasteiger partial charge on any atom is -0.311 e. The number of carbonyl (C=O) groups is 1. The molecule has 0 aromatic heterocycles. The van der Waals surface area contributed by atoms with Crippen LogP contribution in [0.4, 0.5) is 11.4 Å². The first kappa shape index (κ1) is 15.6. The lowest BCUT2D eigenvalue weighted by Gasteiger charge is -2.17. The van der Waals surface area contributed by atoms with Crippen LogP contribution in [0.1, 0.15) is 11.1 Å². The molecule has 0 atom stereocenters. The third kappa shape index (κ3) is 3.53. The third-order valence-electron chi connectivity index (χ3n) is 3.83. The topological polar surface area (TPSA) is 63.4 Å². The summed E-state index contributed by atoms with van der Waals surface area (Å²) in [7, 11) is 0. The predicted molar refractivity (Wildman–Crippen MR) is 91.8 cm³/mol. The second kappa shape index (κ2) is 6.83. The number of hydrogen-bond acceptors (Lipinski definition) is 4. The summed E-state index contributed by atoms with van der Waals surface area (Å²) in [5.41, 5.74) is 3.31. The van der Waals surface area contributed by atoms with E-state index in [-0.39, 0.29) is 11.6 Å². The van der Waals surface area contributed by atoms with Crippen molar-refractivity contribution in [2.75, 3.05) is 17.2 Å². The highest BCUT2D eigenvalue weighted by molar-refractivity contribution is 7.99. The highest BCUT2D eigenvalue weighted by atomic mass is 32.2. The maximum atomic E-state index is 12.4. The van der Waals surface area contributed by atoms with Crippen LogP contribution in [0.5, 0.6) is 0 Å². The van der Waals surface area contributed by atoms with Crippen LogP contribution in [0.2, 0.25) is 0 Å². The number of fused-ring (bicyclic) bond motifs is 1. The molecule has 0 bridgehead atoms. The zero-order valence-electron chi connectivity index (χ0n) is 12.5. The Balaban J connectivity index is 1.53. The number of amides is 1. The molecule has 0 spiro atoms. The standard InChI is InChI=1S/C17H16N2O3S/c20-17(18-10-9-14-3-1-2-4-16(14)18)12-23-11-13-5-7-15(8-6-13)19(21)22/h1-8H,9-12H2. The number of nitro groups is 1. The molecule has 6 heteroatoms. The number of para-hydroxylation sites is 1. The lowest BCUT2D eigenvalue weighted by Crippen LogP contribution is -2.30. The molecule has 0 saturated heterocycles. The van der Waals surface area contributed by atoms with E-state index in [1.165, 1.54) is 29.5 Å². The van der Waals surface area contributed by atoms with Gasteiger partial charge in [-0.3, -0.25) is 14.9 Å². The monoisotopic (exact) mass is 328 g/mol. The molecule has 0 saturated carbocycles. The van der Waals surface area contributed by atoms with Crippen LogP contribution in [0, 0.1) is 10.1 Å². The zero-order chi connectivity index (χ0) is 16.2. The summed E-state index contributed by atoms with van der Waals surface area (Å²) in [5.74, 6) is 1.19. The van der Waals surface area contributed by atoms with Crippen LogP contribution in [-0.4, -0.2) is 23.1 Å². The quantitative estimate of drug-likeness (QED) is 0.623. The van der Waals surface area contributed by atoms with Gasteiger partial charge in [0.05, 0.1) is 10.7 Å². The van der Waals surface area contributed by atoms with Crippen molar-refractivity contribution < 1.29 is 9.72 Å². The van der Waals surface area contributed by atoms with E-state index in [1.807, 2.05) is 23.1 Å². The van der Waals surface area contributed by atoms with Gasteiger partial charge >= 0.3 is 0 Å². The number of rotatable bonds is 5. The molecule has 1 heterocycles. The molecule has 1 aliphatic heterocycles. The summed E-state index contributed by atoms with van der Waals surface area (Å²) in [4.78, 5) is 24.4. The summed E-state index contributed by atoms with van der Waals surface area (Å²) >= 11 is 1.53. The van der Waals surface area contributed by atoms with E-state index in [2.05, 4.69) is 6.07 Å². The zero-order valence-corrected chi connectivity index (χ0v) is 13.3. The molecule has 2 aromatic carbocycles. The highest BCUT2D eigenvalue weighted by Crippen LogP contribution is 2.28. The number of hydrogen-bond donors (Lipinski definition) is 0. The van der Waals surface area contributed by atoms with E-state index < -0.39 is 4.92 Å². The number of carbonyl (C=O) groups excluding carboxylic acids is 1. The predicted octanol–water partition coefficient (Wildman–Crippen LogP) is 3.42. The van der Waals surface area contributed by atoms with E-state index in [1.54, 1.807) is 12.1 Å². The fourth-order valence-electron chi connectivity index (χ4n) is 2.65. The molecule has 3 rings (SSSR count). The van der Waals surface area contributed by atoms with E-state index in [9.17, 15) is 14.9 Å². The van der Waals surface area contributed by atoms with Gasteiger partial charge in [0.15, 0.2) is 0 Å². The average Bonchev–Trinajstić information content (AvgIpc) is 2.99. The van der Waals surface area contributed by atoms with Gasteiger partial charge < -0.3 is 4.90 Å². The summed E-state index contributed by atoms with van der Waals surface area (Å²) in [5, 5.41) is 10.6. The molecule has 1 amide bonds. The Morgan fingerprint density at radius 3 is 2.65 bits per heavy atom. The Bertz CT molecular complexity index is 731. The Morgan fingerprint density at radius 2 is 1.91 bits per heavy atom. The van der Waals surface area contributed by atoms with E-state index in [4.69, 9.17) is 0 Å². The first-order valence-corrected chi connectivity index (χ1v) is 8.50. The number of non-ortho nitro benzene ring substituents is 1. The van der Waals surface area contributed by atoms with Crippen molar-refractivity contribution in [1.82, 2.24) is 0 Å². The Kier molecular flexibility index (Phi) is 4.62. The van der Waals surface area contributed by atoms with Gasteiger partial charge in [-0.15, -0.1) is 11.8 Å². The molecule has 0 N–H and O–H groups in total. The van der Waals surface area contributed by atoms with Crippen LogP contribution in [0.15, 0.2) is 48.5 Å². The van der Waals surface area contributed by atoms with Gasteiger partial charge in [0, 0.05) is 30.1 Å². The first-order chi connectivity index (χ1) is 11.1. The largest absolute Gasteiger partial charge is 0.311 e. The van der Waals surface area contributed by atoms with Crippen LogP contribution in [-0.2, 0) is 17.0 Å². The fourth-order valence-corrected chi connectivity index (χ4v) is 3.51. The summed E-state index contributed by atoms with van der Waals surface area (Å²) in [6.07, 6.45) is 0.912. The minimum atomic E-state index is -0.411. The van der Waals surface area contributed by atoms with Gasteiger partial charge in [0.1, 0.15) is 0 Å². The van der Waals surface area contributed by atoms with E-state index in [0.717, 1.165) is 24.2 Å². The number of nitrogens with zero attached hydrogens (tertiary/aromatic N) is 2. The van der Waals surface area contributed by atoms with Crippen LogP contribution >= 0.6 is 11.8 Å². The normalized spacial score (nSPS) is 13.0. The summed E-state index contributed by atoms with van der Waals surface area (Å²) < 4.78 is 0. The summed E-state index contributed by atoms with van der Waals surface area (Å²) in [6.45, 7) is 0.746. The molecule has 118 valence electrons. The van der Waals surface area contributed by atoms with Crippen molar-refractivity contribution in [3.63, 3.8) is 0 Å². The van der Waals surface area contributed by atoms with Gasteiger partial charge in [-0.05, 0) is 23.6 Å². The molecule has 0 aliphatic carbocycles. The van der Waals surface area contributed by atoms with Crippen molar-refractivity contribution in [2.45, 2.75) is 12.2 Å². The lowest BCUT2D eigenvalue weighted by molar-refractivity contribution is -0.384. The molecular formula is C17H16N2O3S. The van der Waals surface area contributed by atoms with Crippen LogP contribution < -0.4 is 4.90 Å². The van der Waals surface area contributed by atoms with Gasteiger partial charge in [0.2, 0.25) is 5.91 Å². The van der Waals surface area contributed by atoms with Crippen LogP contribution in [0.25, 0.3) is 0 Å². The summed E-state index contributed by atoms with van der Waals surface area (Å²) in [6, 6.07) is 14.5. The van der Waals surface area contributed by atoms with Crippen molar-refractivity contribution in [2.24, 2.45) is 0 Å². The second-order valence-corrected chi connectivity index (χ2v) is 6.33. The van der Waals surface area contributed by atoms with Crippen molar-refractivity contribution in [3.8, 4) is 0 Å². The number of nitro benzene ring substituents is 1. The SMILES string of the molecule is O=C(CSCc1ccc([N+](=O)[O-])cc1)N1CCc2ccccc21. The molecule has 23 heavy (non-hydrogen) atoms. The van der Waals surface area contributed by atoms with E-state index >= 15 is 0 Å². The minimum absolute atomic E-state index is 0.0866. The number of thioether (sulfide) groups is 1. The van der Waals surface area contributed by atoms with Crippen molar-refractivity contribution in [3.05, 3.63) is 69.8 Å². The van der Waals surface area contributed by atoms with Gasteiger partial charge in [-0.1, -0.05) is 30.3 Å². The number of benzene rings is 2. The highest BCUT2D eigenvalue weighted by Gasteiger charge is 2.23. The van der Waals surface area contributed by atoms with Gasteiger partial charge in [-0.2, -0.15) is 0 Å². The Hall–Kier alpha value is -2.34. The first-order valence-electron chi connectivity index (χ1n) is 7.34. The molecule has 2 aromatic rings. The Labute approximate surface area is 138 Å². The molecule has 0 radical (unpaired) electrons. The second-order valence-electron chi connectivity index (χ2n) is 5.34. The Morgan fingerprint density at radius 1 is 1.17 bits per heavy atom. The smallest absolute Gasteiger partial charge is 0.269 e. The van der Waals surface area contributed by atoms with Crippen molar-refractivity contribution in [1.29, 1.82) is 0 Å². The van der Waals surface area contributed by atoms with Crippen molar-refractivity contribution >= 4 is 29.0 Å². The lowest BCUT2D eigenvalue weighted by atomic mass is 10.2. The third-order valence-corrected chi connectivity index (χ3v) is 4.82. The van der Waals surface area contributed by atoms with E-state index in [0.29, 0.717) is 11.5 Å². The molecular weight excluding hydrogens is 312 g/mol. The fraction of sp³-hybridized carbons (Fsp3) is 0.235.